The van der Waals surface area contributed by atoms with E-state index in [0.717, 1.165) is 4.44 Å². The molecule has 0 bridgehead atoms. The first kappa shape index (κ1) is 10.5. The Kier molecular flexibility index (Phi) is 5.43. The molecule has 0 fully saturated rings. The summed E-state index contributed by atoms with van der Waals surface area (Å²) in [5.41, 5.74) is 0. The number of ether oxygens (including phenoxy) is 1. The van der Waals surface area contributed by atoms with Crippen molar-refractivity contribution in [2.24, 2.45) is 0 Å². The maximum atomic E-state index is 10.9. The van der Waals surface area contributed by atoms with Gasteiger partial charge in [-0.1, -0.05) is 0 Å². The van der Waals surface area contributed by atoms with Crippen molar-refractivity contribution in [3.05, 3.63) is 0 Å². The van der Waals surface area contributed by atoms with Crippen LogP contribution in [0.25, 0.3) is 0 Å². The molecule has 0 unspecified atom stereocenters. The van der Waals surface area contributed by atoms with Gasteiger partial charge in [0.2, 0.25) is 0 Å². The topological polar surface area (TPSA) is 26.3 Å². The summed E-state index contributed by atoms with van der Waals surface area (Å²) >= 11 is -2.12. The Bertz CT molecular complexity index is 145. The molecule has 0 radical (unpaired) electrons. The molecule has 0 saturated carbocycles. The van der Waals surface area contributed by atoms with Gasteiger partial charge in [-0.05, 0) is 0 Å². The van der Waals surface area contributed by atoms with Crippen molar-refractivity contribution in [2.45, 2.75) is 31.3 Å². The molecule has 0 atom stereocenters. The normalized spacial score (nSPS) is 9.60. The first-order valence-corrected chi connectivity index (χ1v) is 10.7. The van der Waals surface area contributed by atoms with Crippen LogP contribution in [0.1, 0.15) is 20.8 Å². The fourth-order valence-corrected chi connectivity index (χ4v) is 2.62. The second-order valence-electron chi connectivity index (χ2n) is 2.23. The summed E-state index contributed by atoms with van der Waals surface area (Å²) in [5, 5.41) is 0. The Morgan fingerprint density at radius 1 is 1.70 bits per heavy atom. The molecule has 0 aromatic carbocycles. The zero-order valence-electron chi connectivity index (χ0n) is 6.51. The predicted octanol–water partition coefficient (Wildman–Crippen LogP) is 2.32. The Hall–Kier alpha value is 0.489. The van der Waals surface area contributed by atoms with Crippen LogP contribution >= 0.6 is 9.29 Å². The van der Waals surface area contributed by atoms with Gasteiger partial charge in [0, 0.05) is 0 Å². The van der Waals surface area contributed by atoms with Crippen LogP contribution < -0.4 is 0 Å². The van der Waals surface area contributed by atoms with Crippen LogP contribution in [-0.2, 0) is 4.74 Å². The van der Waals surface area contributed by atoms with Gasteiger partial charge in [-0.2, -0.15) is 0 Å². The molecule has 0 rings (SSSR count). The summed E-state index contributed by atoms with van der Waals surface area (Å²) in [5.74, 6) is 0. The third-order valence-corrected chi connectivity index (χ3v) is 7.41. The SMILES string of the molecule is C[CH2][Sn](=[S])[C](=O)OC(C)C. The standard InChI is InChI=1S/C4H7O2.C2H5.S.Sn/c1-4(2)6-3-5;1-2;;/h4H,1-2H3;1H2,2H3;;. The van der Waals surface area contributed by atoms with Crippen LogP contribution in [0, 0.1) is 0 Å². The number of carbonyl (C=O) groups excluding carboxylic acids is 1. The Morgan fingerprint density at radius 2 is 2.20 bits per heavy atom. The van der Waals surface area contributed by atoms with Crippen molar-refractivity contribution >= 4 is 31.1 Å². The molecule has 58 valence electrons. The van der Waals surface area contributed by atoms with E-state index < -0.39 is 17.8 Å². The first-order chi connectivity index (χ1) is 4.57. The average Bonchev–Trinajstić information content (AvgIpc) is 1.85. The molecule has 0 aliphatic rings. The van der Waals surface area contributed by atoms with E-state index in [1.807, 2.05) is 20.8 Å². The zero-order chi connectivity index (χ0) is 8.15. The molecule has 0 saturated heterocycles. The molecule has 0 aromatic rings. The number of carbonyl (C=O) groups is 1. The molecule has 0 aliphatic carbocycles. The fraction of sp³-hybridized carbons (Fsp3) is 0.833. The fourth-order valence-electron chi connectivity index (χ4n) is 0.424. The van der Waals surface area contributed by atoms with E-state index in [0.29, 0.717) is 0 Å². The summed E-state index contributed by atoms with van der Waals surface area (Å²) in [6.45, 7) is 5.65. The van der Waals surface area contributed by atoms with Crippen molar-refractivity contribution in [1.82, 2.24) is 0 Å². The predicted molar refractivity (Wildman–Crippen MR) is 45.4 cm³/mol. The molecule has 4 heteroatoms. The van der Waals surface area contributed by atoms with Crippen LogP contribution in [0.4, 0.5) is 4.79 Å². The minimum absolute atomic E-state index is 0.00222. The Morgan fingerprint density at radius 3 is 2.50 bits per heavy atom. The molecule has 2 nitrogen and oxygen atoms in total. The molecular formula is C6H12O2SSn. The average molecular weight is 267 g/mol. The van der Waals surface area contributed by atoms with Crippen molar-refractivity contribution in [3.8, 4) is 0 Å². The van der Waals surface area contributed by atoms with E-state index in [9.17, 15) is 4.79 Å². The summed E-state index contributed by atoms with van der Waals surface area (Å²) in [6, 6.07) is 0. The van der Waals surface area contributed by atoms with Gasteiger partial charge in [-0.25, -0.2) is 0 Å². The summed E-state index contributed by atoms with van der Waals surface area (Å²) in [4.78, 5) is 10.9. The second-order valence-corrected chi connectivity index (χ2v) is 11.1. The Balaban J connectivity index is 3.74. The Labute approximate surface area is 71.8 Å². The van der Waals surface area contributed by atoms with Gasteiger partial charge in [-0.15, -0.1) is 0 Å². The van der Waals surface area contributed by atoms with Crippen molar-refractivity contribution in [3.63, 3.8) is 0 Å². The van der Waals surface area contributed by atoms with Gasteiger partial charge in [0.05, 0.1) is 0 Å². The summed E-state index contributed by atoms with van der Waals surface area (Å²) in [6.07, 6.45) is -0.00222. The van der Waals surface area contributed by atoms with Gasteiger partial charge in [0.25, 0.3) is 0 Å². The van der Waals surface area contributed by atoms with E-state index in [1.165, 1.54) is 0 Å². The van der Waals surface area contributed by atoms with Crippen molar-refractivity contribution < 1.29 is 9.53 Å². The van der Waals surface area contributed by atoms with Gasteiger partial charge in [-0.3, -0.25) is 0 Å². The number of hydrogen-bond donors (Lipinski definition) is 0. The molecule has 0 heterocycles. The van der Waals surface area contributed by atoms with Crippen molar-refractivity contribution in [1.29, 1.82) is 0 Å². The van der Waals surface area contributed by atoms with E-state index in [2.05, 4.69) is 0 Å². The van der Waals surface area contributed by atoms with E-state index >= 15 is 0 Å². The molecule has 0 aromatic heterocycles. The van der Waals surface area contributed by atoms with Crippen LogP contribution in [0.5, 0.6) is 0 Å². The first-order valence-electron chi connectivity index (χ1n) is 3.31. The van der Waals surface area contributed by atoms with Crippen LogP contribution in [0.2, 0.25) is 4.44 Å². The molecule has 0 aliphatic heterocycles. The molecular weight excluding hydrogens is 255 g/mol. The van der Waals surface area contributed by atoms with Gasteiger partial charge >= 0.3 is 71.9 Å². The quantitative estimate of drug-likeness (QED) is 0.734. The third-order valence-electron chi connectivity index (χ3n) is 0.892. The molecule has 0 spiro atoms. The van der Waals surface area contributed by atoms with Crippen LogP contribution in [0.15, 0.2) is 0 Å². The van der Waals surface area contributed by atoms with E-state index in [-0.39, 0.29) is 10.1 Å². The minimum atomic E-state index is -2.12. The van der Waals surface area contributed by atoms with E-state index in [4.69, 9.17) is 14.0 Å². The molecule has 10 heavy (non-hydrogen) atoms. The van der Waals surface area contributed by atoms with Gasteiger partial charge in [0.1, 0.15) is 0 Å². The van der Waals surface area contributed by atoms with Gasteiger partial charge < -0.3 is 0 Å². The third kappa shape index (κ3) is 4.33. The second kappa shape index (κ2) is 5.18. The number of hydrogen-bond acceptors (Lipinski definition) is 3. The van der Waals surface area contributed by atoms with Crippen molar-refractivity contribution in [2.75, 3.05) is 0 Å². The van der Waals surface area contributed by atoms with Gasteiger partial charge in [0.15, 0.2) is 0 Å². The summed E-state index contributed by atoms with van der Waals surface area (Å²) < 4.78 is 5.74. The van der Waals surface area contributed by atoms with E-state index in [1.54, 1.807) is 0 Å². The summed E-state index contributed by atoms with van der Waals surface area (Å²) in [7, 11) is 5.00. The van der Waals surface area contributed by atoms with Crippen LogP contribution in [0.3, 0.4) is 0 Å². The van der Waals surface area contributed by atoms with Crippen LogP contribution in [-0.4, -0.2) is 27.9 Å². The monoisotopic (exact) mass is 268 g/mol. The zero-order valence-corrected chi connectivity index (χ0v) is 10.2. The molecule has 0 N–H and O–H groups in total. The molecule has 0 amide bonds. The number of rotatable bonds is 3. The maximum absolute atomic E-state index is 10.9.